The largest absolute Gasteiger partial charge is 0.382 e. The Balaban J connectivity index is 2.28. The lowest BCUT2D eigenvalue weighted by molar-refractivity contribution is 1.14. The summed E-state index contributed by atoms with van der Waals surface area (Å²) in [6.07, 6.45) is 3.34. The summed E-state index contributed by atoms with van der Waals surface area (Å²) in [5.41, 5.74) is 7.01. The summed E-state index contributed by atoms with van der Waals surface area (Å²) >= 11 is 0. The molecule has 0 fully saturated rings. The standard InChI is InChI=1S/C9H9N7/c1-4-13-5-6(10)15-9(16-7(5)14-4)8-11-2-3-12-8/h2-3H,1H3,(H,11,12)(H3,10,13,14,15,16). The van der Waals surface area contributed by atoms with Crippen LogP contribution in [0, 0.1) is 6.92 Å². The molecule has 0 radical (unpaired) electrons. The van der Waals surface area contributed by atoms with Crippen molar-refractivity contribution in [2.24, 2.45) is 0 Å². The van der Waals surface area contributed by atoms with Gasteiger partial charge in [-0.15, -0.1) is 0 Å². The number of nitrogen functional groups attached to an aromatic ring is 1. The molecule has 3 aromatic heterocycles. The van der Waals surface area contributed by atoms with Crippen molar-refractivity contribution in [3.05, 3.63) is 18.2 Å². The molecule has 0 unspecified atom stereocenters. The topological polar surface area (TPSA) is 109 Å². The number of hydrogen-bond donors (Lipinski definition) is 3. The van der Waals surface area contributed by atoms with Crippen molar-refractivity contribution >= 4 is 17.0 Å². The molecule has 3 rings (SSSR count). The van der Waals surface area contributed by atoms with Crippen molar-refractivity contribution in [2.75, 3.05) is 5.73 Å². The Labute approximate surface area is 90.2 Å². The number of fused-ring (bicyclic) bond motifs is 1. The van der Waals surface area contributed by atoms with Gasteiger partial charge in [0, 0.05) is 12.4 Å². The molecule has 0 bridgehead atoms. The molecule has 0 amide bonds. The van der Waals surface area contributed by atoms with Gasteiger partial charge in [0.15, 0.2) is 23.1 Å². The Bertz CT molecular complexity index is 637. The minimum absolute atomic E-state index is 0.348. The van der Waals surface area contributed by atoms with Crippen LogP contribution in [0.3, 0.4) is 0 Å². The maximum Gasteiger partial charge on any atom is 0.199 e. The van der Waals surface area contributed by atoms with Crippen LogP contribution in [0.2, 0.25) is 0 Å². The first kappa shape index (κ1) is 8.84. The van der Waals surface area contributed by atoms with E-state index in [2.05, 4.69) is 29.9 Å². The molecule has 0 saturated heterocycles. The lowest BCUT2D eigenvalue weighted by atomic mass is 10.4. The van der Waals surface area contributed by atoms with Crippen LogP contribution in [-0.2, 0) is 0 Å². The van der Waals surface area contributed by atoms with Crippen LogP contribution in [0.25, 0.3) is 22.8 Å². The lowest BCUT2D eigenvalue weighted by Gasteiger charge is -1.97. The number of imidazole rings is 2. The molecule has 7 heteroatoms. The summed E-state index contributed by atoms with van der Waals surface area (Å²) in [6.45, 7) is 1.84. The first-order valence-electron chi connectivity index (χ1n) is 4.73. The molecule has 16 heavy (non-hydrogen) atoms. The zero-order valence-electron chi connectivity index (χ0n) is 8.52. The number of H-pyrrole nitrogens is 2. The quantitative estimate of drug-likeness (QED) is 0.551. The van der Waals surface area contributed by atoms with Gasteiger partial charge in [-0.3, -0.25) is 0 Å². The summed E-state index contributed by atoms with van der Waals surface area (Å²) in [7, 11) is 0. The molecule has 4 N–H and O–H groups in total. The second-order valence-corrected chi connectivity index (χ2v) is 3.39. The molecule has 0 saturated carbocycles. The average Bonchev–Trinajstić information content (AvgIpc) is 2.84. The highest BCUT2D eigenvalue weighted by Gasteiger charge is 2.11. The minimum Gasteiger partial charge on any atom is -0.382 e. The van der Waals surface area contributed by atoms with Crippen LogP contribution < -0.4 is 5.73 Å². The van der Waals surface area contributed by atoms with E-state index in [-0.39, 0.29) is 0 Å². The van der Waals surface area contributed by atoms with Crippen LogP contribution in [0.5, 0.6) is 0 Å². The Morgan fingerprint density at radius 1 is 1.25 bits per heavy atom. The Hall–Kier alpha value is -2.44. The molecule has 80 valence electrons. The number of nitrogens with two attached hydrogens (primary N) is 1. The van der Waals surface area contributed by atoms with E-state index >= 15 is 0 Å². The van der Waals surface area contributed by atoms with Gasteiger partial charge in [0.1, 0.15) is 11.3 Å². The predicted molar refractivity (Wildman–Crippen MR) is 58.4 cm³/mol. The number of aromatic nitrogens is 6. The molecule has 0 aromatic carbocycles. The van der Waals surface area contributed by atoms with E-state index in [4.69, 9.17) is 5.73 Å². The van der Waals surface area contributed by atoms with Crippen molar-refractivity contribution < 1.29 is 0 Å². The van der Waals surface area contributed by atoms with Gasteiger partial charge in [0.2, 0.25) is 0 Å². The molecular weight excluding hydrogens is 206 g/mol. The Morgan fingerprint density at radius 2 is 2.12 bits per heavy atom. The molecule has 3 heterocycles. The van der Waals surface area contributed by atoms with E-state index in [0.29, 0.717) is 28.6 Å². The summed E-state index contributed by atoms with van der Waals surface area (Å²) in [5.74, 6) is 2.15. The molecule has 7 nitrogen and oxygen atoms in total. The fraction of sp³-hybridized carbons (Fsp3) is 0.111. The van der Waals surface area contributed by atoms with E-state index in [1.807, 2.05) is 6.92 Å². The number of nitrogens with zero attached hydrogens (tertiary/aromatic N) is 4. The zero-order valence-corrected chi connectivity index (χ0v) is 8.52. The molecule has 0 atom stereocenters. The monoisotopic (exact) mass is 215 g/mol. The molecule has 0 aliphatic carbocycles. The molecular formula is C9H9N7. The highest BCUT2D eigenvalue weighted by atomic mass is 15.1. The summed E-state index contributed by atoms with van der Waals surface area (Å²) < 4.78 is 0. The SMILES string of the molecule is Cc1nc2c(N)nc(-c3ncc[nH]3)nc2[nH]1. The third-order valence-corrected chi connectivity index (χ3v) is 2.20. The van der Waals surface area contributed by atoms with Crippen LogP contribution in [0.4, 0.5) is 5.82 Å². The highest BCUT2D eigenvalue weighted by molar-refractivity contribution is 5.83. The van der Waals surface area contributed by atoms with Gasteiger partial charge in [0.25, 0.3) is 0 Å². The van der Waals surface area contributed by atoms with Gasteiger partial charge in [-0.25, -0.2) is 19.9 Å². The maximum absolute atomic E-state index is 5.80. The minimum atomic E-state index is 0.348. The zero-order chi connectivity index (χ0) is 11.1. The van der Waals surface area contributed by atoms with Gasteiger partial charge in [-0.05, 0) is 6.92 Å². The molecule has 3 aromatic rings. The number of rotatable bonds is 1. The predicted octanol–water partition coefficient (Wildman–Crippen LogP) is 0.634. The smallest absolute Gasteiger partial charge is 0.199 e. The third kappa shape index (κ3) is 1.22. The maximum atomic E-state index is 5.80. The van der Waals surface area contributed by atoms with Gasteiger partial charge in [-0.2, -0.15) is 0 Å². The fourth-order valence-electron chi connectivity index (χ4n) is 1.53. The molecule has 0 spiro atoms. The van der Waals surface area contributed by atoms with Crippen LogP contribution >= 0.6 is 0 Å². The van der Waals surface area contributed by atoms with E-state index in [0.717, 1.165) is 5.82 Å². The first-order chi connectivity index (χ1) is 7.74. The van der Waals surface area contributed by atoms with Crippen molar-refractivity contribution in [1.82, 2.24) is 29.9 Å². The lowest BCUT2D eigenvalue weighted by Crippen LogP contribution is -1.98. The van der Waals surface area contributed by atoms with E-state index < -0.39 is 0 Å². The summed E-state index contributed by atoms with van der Waals surface area (Å²) in [5, 5.41) is 0. The summed E-state index contributed by atoms with van der Waals surface area (Å²) in [6, 6.07) is 0. The Kier molecular flexibility index (Phi) is 1.67. The van der Waals surface area contributed by atoms with E-state index in [1.54, 1.807) is 12.4 Å². The highest BCUT2D eigenvalue weighted by Crippen LogP contribution is 2.18. The Morgan fingerprint density at radius 3 is 2.88 bits per heavy atom. The number of hydrogen-bond acceptors (Lipinski definition) is 5. The number of aromatic amines is 2. The van der Waals surface area contributed by atoms with E-state index in [1.165, 1.54) is 0 Å². The first-order valence-corrected chi connectivity index (χ1v) is 4.73. The average molecular weight is 215 g/mol. The van der Waals surface area contributed by atoms with Crippen LogP contribution in [-0.4, -0.2) is 29.9 Å². The number of aryl methyl sites for hydroxylation is 1. The van der Waals surface area contributed by atoms with Crippen molar-refractivity contribution in [3.8, 4) is 11.6 Å². The summed E-state index contributed by atoms with van der Waals surface area (Å²) in [4.78, 5) is 22.7. The second kappa shape index (κ2) is 3.02. The van der Waals surface area contributed by atoms with Crippen molar-refractivity contribution in [1.29, 1.82) is 0 Å². The van der Waals surface area contributed by atoms with Gasteiger partial charge >= 0.3 is 0 Å². The number of anilines is 1. The van der Waals surface area contributed by atoms with E-state index in [9.17, 15) is 0 Å². The van der Waals surface area contributed by atoms with Gasteiger partial charge < -0.3 is 15.7 Å². The van der Waals surface area contributed by atoms with Crippen LogP contribution in [0.1, 0.15) is 5.82 Å². The van der Waals surface area contributed by atoms with Crippen molar-refractivity contribution in [2.45, 2.75) is 6.92 Å². The normalized spacial score (nSPS) is 11.1. The fourth-order valence-corrected chi connectivity index (χ4v) is 1.53. The number of nitrogens with one attached hydrogen (secondary N) is 2. The van der Waals surface area contributed by atoms with Crippen molar-refractivity contribution in [3.63, 3.8) is 0 Å². The molecule has 0 aliphatic rings. The second-order valence-electron chi connectivity index (χ2n) is 3.39. The molecule has 0 aliphatic heterocycles. The van der Waals surface area contributed by atoms with Gasteiger partial charge in [0.05, 0.1) is 0 Å². The van der Waals surface area contributed by atoms with Gasteiger partial charge in [-0.1, -0.05) is 0 Å². The third-order valence-electron chi connectivity index (χ3n) is 2.20. The van der Waals surface area contributed by atoms with Crippen LogP contribution in [0.15, 0.2) is 12.4 Å².